The molecule has 2 aromatic carbocycles. The molecule has 1 unspecified atom stereocenters. The Balaban J connectivity index is 1.57. The molecule has 2 amide bonds. The summed E-state index contributed by atoms with van der Waals surface area (Å²) in [6, 6.07) is 18.6. The van der Waals surface area contributed by atoms with Gasteiger partial charge in [0.2, 0.25) is 0 Å². The first-order chi connectivity index (χ1) is 13.5. The summed E-state index contributed by atoms with van der Waals surface area (Å²) in [5.74, 6) is -1.39. The third kappa shape index (κ3) is 4.65. The molecule has 0 saturated carbocycles. The number of carbonyl (C=O) groups is 2. The van der Waals surface area contributed by atoms with E-state index in [1.165, 1.54) is 11.3 Å². The molecule has 0 aliphatic heterocycles. The van der Waals surface area contributed by atoms with Crippen LogP contribution in [0.2, 0.25) is 0 Å². The second-order valence-electron chi connectivity index (χ2n) is 6.50. The summed E-state index contributed by atoms with van der Waals surface area (Å²) in [7, 11) is 0. The lowest BCUT2D eigenvalue weighted by atomic mass is 10.1. The number of aliphatic hydroxyl groups is 1. The molecule has 3 aromatic rings. The Morgan fingerprint density at radius 3 is 2.46 bits per heavy atom. The van der Waals surface area contributed by atoms with Gasteiger partial charge in [-0.1, -0.05) is 42.5 Å². The highest BCUT2D eigenvalue weighted by molar-refractivity contribution is 7.12. The van der Waals surface area contributed by atoms with Crippen LogP contribution in [0.15, 0.2) is 60.7 Å². The number of benzene rings is 2. The Morgan fingerprint density at radius 1 is 0.964 bits per heavy atom. The van der Waals surface area contributed by atoms with Crippen molar-refractivity contribution in [3.05, 3.63) is 87.1 Å². The molecule has 0 aliphatic rings. The molecule has 1 aromatic heterocycles. The zero-order valence-electron chi connectivity index (χ0n) is 15.7. The molecule has 1 atom stereocenters. The number of anilines is 1. The Kier molecular flexibility index (Phi) is 6.23. The average molecular weight is 394 g/mol. The van der Waals surface area contributed by atoms with Gasteiger partial charge < -0.3 is 15.7 Å². The van der Waals surface area contributed by atoms with Crippen LogP contribution in [-0.2, 0) is 16.1 Å². The normalized spacial score (nSPS) is 11.7. The number of aliphatic hydroxyl groups excluding tert-OH is 1. The number of carbonyl (C=O) groups excluding carboxylic acids is 2. The van der Waals surface area contributed by atoms with Crippen LogP contribution in [-0.4, -0.2) is 16.9 Å². The topological polar surface area (TPSA) is 78.4 Å². The molecule has 1 heterocycles. The van der Waals surface area contributed by atoms with Gasteiger partial charge in [0.15, 0.2) is 0 Å². The highest BCUT2D eigenvalue weighted by Crippen LogP contribution is 2.28. The van der Waals surface area contributed by atoms with E-state index in [-0.39, 0.29) is 6.54 Å². The fraction of sp³-hybridized carbons (Fsp3) is 0.182. The van der Waals surface area contributed by atoms with Crippen LogP contribution in [0.5, 0.6) is 0 Å². The van der Waals surface area contributed by atoms with Gasteiger partial charge in [0.05, 0.1) is 6.54 Å². The third-order valence-corrected chi connectivity index (χ3v) is 5.69. The molecule has 3 N–H and O–H groups in total. The molecular weight excluding hydrogens is 372 g/mol. The van der Waals surface area contributed by atoms with Crippen LogP contribution >= 0.6 is 11.3 Å². The van der Waals surface area contributed by atoms with E-state index in [1.54, 1.807) is 6.07 Å². The van der Waals surface area contributed by atoms with Crippen LogP contribution in [0.4, 0.5) is 5.69 Å². The molecule has 28 heavy (non-hydrogen) atoms. The summed E-state index contributed by atoms with van der Waals surface area (Å²) in [6.07, 6.45) is -0.705. The number of rotatable bonds is 5. The van der Waals surface area contributed by atoms with Crippen molar-refractivity contribution in [1.29, 1.82) is 0 Å². The number of aryl methyl sites for hydroxylation is 1. The number of amides is 2. The second-order valence-corrected chi connectivity index (χ2v) is 7.70. The van der Waals surface area contributed by atoms with E-state index in [4.69, 9.17) is 0 Å². The van der Waals surface area contributed by atoms with E-state index < -0.39 is 17.9 Å². The van der Waals surface area contributed by atoms with Crippen molar-refractivity contribution in [3.8, 4) is 0 Å². The molecule has 6 heteroatoms. The Bertz CT molecular complexity index is 982. The minimum absolute atomic E-state index is 0.227. The van der Waals surface area contributed by atoms with Crippen molar-refractivity contribution < 1.29 is 14.7 Å². The van der Waals surface area contributed by atoms with E-state index in [2.05, 4.69) is 10.6 Å². The molecule has 0 radical (unpaired) electrons. The fourth-order valence-electron chi connectivity index (χ4n) is 2.75. The molecule has 5 nitrogen and oxygen atoms in total. The smallest absolute Gasteiger partial charge is 0.313 e. The van der Waals surface area contributed by atoms with Gasteiger partial charge in [-0.25, -0.2) is 0 Å². The maximum Gasteiger partial charge on any atom is 0.313 e. The molecular formula is C22H22N2O3S. The van der Waals surface area contributed by atoms with Crippen LogP contribution in [0.25, 0.3) is 0 Å². The molecule has 0 spiro atoms. The first-order valence-electron chi connectivity index (χ1n) is 8.92. The van der Waals surface area contributed by atoms with Crippen molar-refractivity contribution in [1.82, 2.24) is 5.32 Å². The van der Waals surface area contributed by atoms with Crippen LogP contribution < -0.4 is 10.6 Å². The Hall–Kier alpha value is -2.96. The molecule has 3 rings (SSSR count). The van der Waals surface area contributed by atoms with Gasteiger partial charge in [0, 0.05) is 15.4 Å². The molecule has 0 fully saturated rings. The summed E-state index contributed by atoms with van der Waals surface area (Å²) in [6.45, 7) is 4.07. The van der Waals surface area contributed by atoms with Crippen LogP contribution in [0.3, 0.4) is 0 Å². The van der Waals surface area contributed by atoms with Crippen molar-refractivity contribution in [2.24, 2.45) is 0 Å². The summed E-state index contributed by atoms with van der Waals surface area (Å²) in [4.78, 5) is 25.9. The van der Waals surface area contributed by atoms with E-state index in [0.29, 0.717) is 5.69 Å². The third-order valence-electron chi connectivity index (χ3n) is 4.55. The number of thiophene rings is 1. The largest absolute Gasteiger partial charge is 0.383 e. The average Bonchev–Trinajstić information content (AvgIpc) is 3.18. The predicted octanol–water partition coefficient (Wildman–Crippen LogP) is 3.70. The van der Waals surface area contributed by atoms with Gasteiger partial charge in [0.25, 0.3) is 0 Å². The van der Waals surface area contributed by atoms with Crippen LogP contribution in [0, 0.1) is 13.8 Å². The highest BCUT2D eigenvalue weighted by Gasteiger charge is 2.16. The Labute approximate surface area is 168 Å². The van der Waals surface area contributed by atoms with Crippen molar-refractivity contribution in [2.45, 2.75) is 26.5 Å². The SMILES string of the molecule is Cc1cccc(NC(=O)C(=O)NCc2ccc(C(O)c3ccccc3)s2)c1C. The number of nitrogens with one attached hydrogen (secondary N) is 2. The van der Waals surface area contributed by atoms with Crippen molar-refractivity contribution in [2.75, 3.05) is 5.32 Å². The van der Waals surface area contributed by atoms with Crippen molar-refractivity contribution in [3.63, 3.8) is 0 Å². The first kappa shape index (κ1) is 19.8. The van der Waals surface area contributed by atoms with E-state index in [1.807, 2.05) is 68.4 Å². The molecule has 0 aliphatic carbocycles. The van der Waals surface area contributed by atoms with E-state index in [9.17, 15) is 14.7 Å². The zero-order chi connectivity index (χ0) is 20.1. The maximum absolute atomic E-state index is 12.1. The van der Waals surface area contributed by atoms with Gasteiger partial charge >= 0.3 is 11.8 Å². The van der Waals surface area contributed by atoms with E-state index >= 15 is 0 Å². The Morgan fingerprint density at radius 2 is 1.71 bits per heavy atom. The number of hydrogen-bond donors (Lipinski definition) is 3. The lowest BCUT2D eigenvalue weighted by molar-refractivity contribution is -0.136. The highest BCUT2D eigenvalue weighted by atomic mass is 32.1. The van der Waals surface area contributed by atoms with Gasteiger partial charge in [-0.05, 0) is 48.7 Å². The fourth-order valence-corrected chi connectivity index (χ4v) is 3.72. The lowest BCUT2D eigenvalue weighted by Crippen LogP contribution is -2.35. The minimum Gasteiger partial charge on any atom is -0.383 e. The summed E-state index contributed by atoms with van der Waals surface area (Å²) in [5, 5.41) is 15.7. The second kappa shape index (κ2) is 8.82. The lowest BCUT2D eigenvalue weighted by Gasteiger charge is -2.10. The molecule has 144 valence electrons. The zero-order valence-corrected chi connectivity index (χ0v) is 16.5. The monoisotopic (exact) mass is 394 g/mol. The van der Waals surface area contributed by atoms with Gasteiger partial charge in [0.1, 0.15) is 6.10 Å². The molecule has 0 saturated heterocycles. The number of hydrogen-bond acceptors (Lipinski definition) is 4. The van der Waals surface area contributed by atoms with Crippen molar-refractivity contribution >= 4 is 28.8 Å². The first-order valence-corrected chi connectivity index (χ1v) is 9.74. The summed E-state index contributed by atoms with van der Waals surface area (Å²) < 4.78 is 0. The standard InChI is InChI=1S/C22H22N2O3S/c1-14-7-6-10-18(15(14)2)24-22(27)21(26)23-13-17-11-12-19(28-17)20(25)16-8-4-3-5-9-16/h3-12,20,25H,13H2,1-2H3,(H,23,26)(H,24,27). The maximum atomic E-state index is 12.1. The quantitative estimate of drug-likeness (QED) is 0.578. The summed E-state index contributed by atoms with van der Waals surface area (Å²) in [5.41, 5.74) is 3.42. The molecule has 0 bridgehead atoms. The predicted molar refractivity (Wildman–Crippen MR) is 111 cm³/mol. The van der Waals surface area contributed by atoms with Gasteiger partial charge in [-0.2, -0.15) is 0 Å². The van der Waals surface area contributed by atoms with Gasteiger partial charge in [-0.15, -0.1) is 11.3 Å². The minimum atomic E-state index is -0.705. The summed E-state index contributed by atoms with van der Waals surface area (Å²) >= 11 is 1.40. The van der Waals surface area contributed by atoms with Gasteiger partial charge in [-0.3, -0.25) is 9.59 Å². The van der Waals surface area contributed by atoms with Crippen LogP contribution in [0.1, 0.15) is 32.5 Å². The van der Waals surface area contributed by atoms with E-state index in [0.717, 1.165) is 26.4 Å².